The average molecular weight is 212 g/mol. The quantitative estimate of drug-likeness (QED) is 0.381. The molecule has 0 saturated heterocycles. The largest absolute Gasteiger partial charge is 0.488 e. The van der Waals surface area contributed by atoms with Crippen LogP contribution < -0.4 is 5.46 Å². The van der Waals surface area contributed by atoms with Crippen molar-refractivity contribution in [2.75, 3.05) is 6.61 Å². The summed E-state index contributed by atoms with van der Waals surface area (Å²) >= 11 is 0. The topological polar surface area (TPSA) is 66.8 Å². The first kappa shape index (κ1) is 11.7. The van der Waals surface area contributed by atoms with Gasteiger partial charge in [-0.25, -0.2) is 4.39 Å². The van der Waals surface area contributed by atoms with Gasteiger partial charge in [-0.3, -0.25) is 4.79 Å². The van der Waals surface area contributed by atoms with Gasteiger partial charge in [0.2, 0.25) is 0 Å². The zero-order chi connectivity index (χ0) is 11.3. The monoisotopic (exact) mass is 212 g/mol. The fourth-order valence-corrected chi connectivity index (χ4v) is 1.14. The van der Waals surface area contributed by atoms with Crippen molar-refractivity contribution in [3.8, 4) is 0 Å². The average Bonchev–Trinajstić information content (AvgIpc) is 2.20. The smallest absolute Gasteiger partial charge is 0.468 e. The van der Waals surface area contributed by atoms with Gasteiger partial charge in [0.15, 0.2) is 0 Å². The Morgan fingerprint density at radius 1 is 1.47 bits per heavy atom. The van der Waals surface area contributed by atoms with Gasteiger partial charge >= 0.3 is 7.12 Å². The van der Waals surface area contributed by atoms with Crippen LogP contribution in [0.2, 0.25) is 0 Å². The van der Waals surface area contributed by atoms with Crippen molar-refractivity contribution < 1.29 is 24.0 Å². The molecule has 0 aliphatic rings. The third-order valence-electron chi connectivity index (χ3n) is 1.93. The molecule has 1 rings (SSSR count). The molecule has 0 heterocycles. The number of hydrogen-bond donors (Lipinski definition) is 2. The number of hydrogen-bond acceptors (Lipinski definition) is 4. The van der Waals surface area contributed by atoms with E-state index in [1.807, 2.05) is 0 Å². The molecule has 0 aliphatic heterocycles. The van der Waals surface area contributed by atoms with Gasteiger partial charge in [0, 0.05) is 6.42 Å². The van der Waals surface area contributed by atoms with Crippen LogP contribution in [0, 0.1) is 5.82 Å². The van der Waals surface area contributed by atoms with Crippen LogP contribution >= 0.6 is 0 Å². The summed E-state index contributed by atoms with van der Waals surface area (Å²) in [7, 11) is -1.68. The maximum absolute atomic E-state index is 13.3. The van der Waals surface area contributed by atoms with E-state index in [2.05, 4.69) is 4.74 Å². The highest BCUT2D eigenvalue weighted by molar-refractivity contribution is 6.58. The van der Waals surface area contributed by atoms with E-state index < -0.39 is 12.9 Å². The maximum Gasteiger partial charge on any atom is 0.488 e. The summed E-state index contributed by atoms with van der Waals surface area (Å²) in [6, 6.07) is 3.88. The van der Waals surface area contributed by atoms with E-state index in [9.17, 15) is 9.18 Å². The van der Waals surface area contributed by atoms with Gasteiger partial charge in [-0.15, -0.1) is 0 Å². The van der Waals surface area contributed by atoms with E-state index >= 15 is 0 Å². The lowest BCUT2D eigenvalue weighted by atomic mass is 9.80. The second kappa shape index (κ2) is 5.48. The predicted molar refractivity (Wildman–Crippen MR) is 51.9 cm³/mol. The lowest BCUT2D eigenvalue weighted by molar-refractivity contribution is -0.128. The molecule has 0 bridgehead atoms. The van der Waals surface area contributed by atoms with Crippen molar-refractivity contribution >= 4 is 19.1 Å². The molecule has 0 unspecified atom stereocenters. The van der Waals surface area contributed by atoms with E-state index in [0.29, 0.717) is 12.0 Å². The van der Waals surface area contributed by atoms with E-state index in [4.69, 9.17) is 10.0 Å². The van der Waals surface area contributed by atoms with Crippen molar-refractivity contribution in [1.29, 1.82) is 0 Å². The van der Waals surface area contributed by atoms with Gasteiger partial charge in [0.25, 0.3) is 6.47 Å². The van der Waals surface area contributed by atoms with Crippen LogP contribution in [-0.4, -0.2) is 30.2 Å². The lowest BCUT2D eigenvalue weighted by Crippen LogP contribution is -2.30. The number of ether oxygens (including phenoxy) is 1. The first-order valence-electron chi connectivity index (χ1n) is 4.35. The summed E-state index contributed by atoms with van der Waals surface area (Å²) in [6.45, 7) is 0.394. The van der Waals surface area contributed by atoms with Crippen molar-refractivity contribution in [2.45, 2.75) is 6.42 Å². The van der Waals surface area contributed by atoms with E-state index in [-0.39, 0.29) is 18.5 Å². The van der Waals surface area contributed by atoms with Crippen molar-refractivity contribution in [1.82, 2.24) is 0 Å². The van der Waals surface area contributed by atoms with Gasteiger partial charge in [0.05, 0.1) is 6.61 Å². The first-order chi connectivity index (χ1) is 7.15. The van der Waals surface area contributed by atoms with Crippen LogP contribution in [0.25, 0.3) is 0 Å². The number of benzene rings is 1. The minimum atomic E-state index is -1.68. The molecular weight excluding hydrogens is 202 g/mol. The van der Waals surface area contributed by atoms with E-state index in [0.717, 1.165) is 6.07 Å². The Balaban J connectivity index is 2.70. The van der Waals surface area contributed by atoms with Crippen LogP contribution in [0.3, 0.4) is 0 Å². The maximum atomic E-state index is 13.3. The molecular formula is C9H10BFO4. The van der Waals surface area contributed by atoms with Gasteiger partial charge < -0.3 is 14.8 Å². The van der Waals surface area contributed by atoms with E-state index in [1.165, 1.54) is 12.1 Å². The standard InChI is InChI=1S/C9H10BFO4/c11-9-5-8(10(13)14)2-1-7(9)3-4-15-6-12/h1-2,5-6,13-14H,3-4H2. The lowest BCUT2D eigenvalue weighted by Gasteiger charge is -2.04. The third-order valence-corrected chi connectivity index (χ3v) is 1.93. The number of rotatable bonds is 5. The van der Waals surface area contributed by atoms with Crippen molar-refractivity contribution in [2.24, 2.45) is 0 Å². The zero-order valence-corrected chi connectivity index (χ0v) is 7.89. The summed E-state index contributed by atoms with van der Waals surface area (Å²) in [4.78, 5) is 9.84. The normalized spacial score (nSPS) is 9.80. The molecule has 0 aromatic heterocycles. The highest BCUT2D eigenvalue weighted by Gasteiger charge is 2.13. The molecule has 0 fully saturated rings. The molecule has 15 heavy (non-hydrogen) atoms. The summed E-state index contributed by atoms with van der Waals surface area (Å²) in [5.41, 5.74) is 0.453. The molecule has 1 aromatic carbocycles. The molecule has 0 amide bonds. The van der Waals surface area contributed by atoms with Crippen LogP contribution in [0.4, 0.5) is 4.39 Å². The molecule has 0 spiro atoms. The van der Waals surface area contributed by atoms with Crippen LogP contribution in [-0.2, 0) is 16.0 Å². The Hall–Kier alpha value is -1.40. The Morgan fingerprint density at radius 3 is 2.73 bits per heavy atom. The van der Waals surface area contributed by atoms with Crippen molar-refractivity contribution in [3.63, 3.8) is 0 Å². The zero-order valence-electron chi connectivity index (χ0n) is 7.89. The summed E-state index contributed by atoms with van der Waals surface area (Å²) < 4.78 is 17.7. The highest BCUT2D eigenvalue weighted by Crippen LogP contribution is 2.06. The summed E-state index contributed by atoms with van der Waals surface area (Å²) in [5.74, 6) is -0.546. The molecule has 4 nitrogen and oxygen atoms in total. The Bertz CT molecular complexity index is 343. The molecule has 2 N–H and O–H groups in total. The molecule has 0 radical (unpaired) electrons. The van der Waals surface area contributed by atoms with Crippen LogP contribution in [0.15, 0.2) is 18.2 Å². The SMILES string of the molecule is O=COCCc1ccc(B(O)O)cc1F. The second-order valence-electron chi connectivity index (χ2n) is 2.94. The Kier molecular flexibility index (Phi) is 4.26. The van der Waals surface area contributed by atoms with Crippen LogP contribution in [0.1, 0.15) is 5.56 Å². The molecule has 0 atom stereocenters. The van der Waals surface area contributed by atoms with Crippen molar-refractivity contribution in [3.05, 3.63) is 29.6 Å². The van der Waals surface area contributed by atoms with Gasteiger partial charge in [0.1, 0.15) is 5.82 Å². The predicted octanol–water partition coefficient (Wildman–Crippen LogP) is -0.779. The highest BCUT2D eigenvalue weighted by atomic mass is 19.1. The second-order valence-corrected chi connectivity index (χ2v) is 2.94. The first-order valence-corrected chi connectivity index (χ1v) is 4.35. The fourth-order valence-electron chi connectivity index (χ4n) is 1.14. The third kappa shape index (κ3) is 3.34. The Labute approximate surface area is 86.4 Å². The molecule has 1 aromatic rings. The number of halogens is 1. The van der Waals surface area contributed by atoms with Gasteiger partial charge in [-0.2, -0.15) is 0 Å². The Morgan fingerprint density at radius 2 is 2.20 bits per heavy atom. The minimum Gasteiger partial charge on any atom is -0.468 e. The summed E-state index contributed by atoms with van der Waals surface area (Å²) in [5, 5.41) is 17.5. The fraction of sp³-hybridized carbons (Fsp3) is 0.222. The van der Waals surface area contributed by atoms with E-state index in [1.54, 1.807) is 0 Å². The number of carbonyl (C=O) groups is 1. The summed E-state index contributed by atoms with van der Waals surface area (Å²) in [6.07, 6.45) is 0.256. The molecule has 0 aliphatic carbocycles. The van der Waals surface area contributed by atoms with Gasteiger partial charge in [-0.05, 0) is 17.1 Å². The number of carbonyl (C=O) groups excluding carboxylic acids is 1. The molecule has 80 valence electrons. The molecule has 0 saturated carbocycles. The minimum absolute atomic E-state index is 0.0903. The molecule has 6 heteroatoms. The van der Waals surface area contributed by atoms with Gasteiger partial charge in [-0.1, -0.05) is 12.1 Å². The van der Waals surface area contributed by atoms with Crippen LogP contribution in [0.5, 0.6) is 0 Å².